The Balaban J connectivity index is 2.53. The normalized spacial score (nSPS) is 34.1. The number of hydrogen-bond acceptors (Lipinski definition) is 5. The van der Waals surface area contributed by atoms with E-state index in [-0.39, 0.29) is 21.2 Å². The van der Waals surface area contributed by atoms with Crippen molar-refractivity contribution in [2.24, 2.45) is 0 Å². The Morgan fingerprint density at radius 2 is 2.29 bits per heavy atom. The van der Waals surface area contributed by atoms with E-state index in [2.05, 4.69) is 4.98 Å². The molecule has 1 heterocycles. The van der Waals surface area contributed by atoms with Gasteiger partial charge in [0.25, 0.3) is 5.56 Å². The third kappa shape index (κ3) is 2.12. The molecule has 2 atom stereocenters. The van der Waals surface area contributed by atoms with Crippen molar-refractivity contribution >= 4 is 28.2 Å². The Morgan fingerprint density at radius 3 is 3.05 bits per heavy atom. The lowest BCUT2D eigenvalue weighted by Gasteiger charge is -2.24. The molecule has 0 radical (unpaired) electrons. The molecule has 108 valence electrons. The molecule has 1 aliphatic carbocycles. The highest BCUT2D eigenvalue weighted by molar-refractivity contribution is 6.03. The first-order valence-corrected chi connectivity index (χ1v) is 6.05. The van der Waals surface area contributed by atoms with Crippen LogP contribution in [0.25, 0.3) is 10.9 Å². The van der Waals surface area contributed by atoms with Crippen LogP contribution < -0.4 is 11.3 Å². The molecule has 6 nitrogen and oxygen atoms in total. The fraction of sp³-hybridized carbons (Fsp3) is 0.333. The second-order valence-corrected chi connectivity index (χ2v) is 4.52. The van der Waals surface area contributed by atoms with E-state index in [1.807, 2.05) is 0 Å². The van der Waals surface area contributed by atoms with E-state index in [4.69, 9.17) is 15.3 Å². The standard InChI is InChI=1S/C15H15N3O3/c1-8-17-11-4-2-3-10(16)14(11)15(21)18(8)12-6-5-9(19)7-13(12)20/h2-4,12H,5-7,16H2,1H3/i1D3,5D,6D2,12D. The maximum atomic E-state index is 13.2. The Hall–Kier alpha value is -2.50. The number of carbonyl (C=O) groups is 2. The number of hydrogen-bond donors (Lipinski definition) is 1. The van der Waals surface area contributed by atoms with E-state index < -0.39 is 55.0 Å². The SMILES string of the molecule is [2H]C1C(=O)CC(=O)C([2H])(n2c(C([2H])([2H])[2H])nc3cccc(N)c3c2=O)C1([2H])[2H]. The van der Waals surface area contributed by atoms with Crippen LogP contribution in [0, 0.1) is 6.85 Å². The van der Waals surface area contributed by atoms with Gasteiger partial charge < -0.3 is 5.73 Å². The van der Waals surface area contributed by atoms with Gasteiger partial charge in [0, 0.05) is 20.3 Å². The highest BCUT2D eigenvalue weighted by atomic mass is 16.2. The van der Waals surface area contributed by atoms with Crippen LogP contribution in [-0.4, -0.2) is 21.1 Å². The van der Waals surface area contributed by atoms with Gasteiger partial charge in [-0.2, -0.15) is 0 Å². The first-order valence-electron chi connectivity index (χ1n) is 9.62. The van der Waals surface area contributed by atoms with Gasteiger partial charge in [0.05, 0.1) is 24.7 Å². The smallest absolute Gasteiger partial charge is 0.264 e. The maximum Gasteiger partial charge on any atom is 0.264 e. The summed E-state index contributed by atoms with van der Waals surface area (Å²) in [5, 5.41) is -0.288. The molecular weight excluding hydrogens is 270 g/mol. The largest absolute Gasteiger partial charge is 0.398 e. The molecule has 2 unspecified atom stereocenters. The summed E-state index contributed by atoms with van der Waals surface area (Å²) in [7, 11) is 0. The van der Waals surface area contributed by atoms with Crippen molar-refractivity contribution in [1.29, 1.82) is 0 Å². The maximum absolute atomic E-state index is 13.2. The number of aryl methyl sites for hydroxylation is 1. The molecule has 1 fully saturated rings. The third-order valence-corrected chi connectivity index (χ3v) is 3.12. The molecule has 0 spiro atoms. The van der Waals surface area contributed by atoms with Crippen molar-refractivity contribution in [2.75, 3.05) is 5.73 Å². The third-order valence-electron chi connectivity index (χ3n) is 3.12. The summed E-state index contributed by atoms with van der Waals surface area (Å²) in [6, 6.07) is 0.891. The molecule has 0 amide bonds. The zero-order chi connectivity index (χ0) is 21.2. The van der Waals surface area contributed by atoms with Gasteiger partial charge in [-0.15, -0.1) is 0 Å². The molecule has 2 aromatic rings. The number of fused-ring (bicyclic) bond motifs is 1. The van der Waals surface area contributed by atoms with Crippen molar-refractivity contribution in [3.8, 4) is 0 Å². The summed E-state index contributed by atoms with van der Waals surface area (Å²) in [5.41, 5.74) is 4.38. The number of carbonyl (C=O) groups excluding carboxylic acids is 2. The van der Waals surface area contributed by atoms with Crippen LogP contribution in [0.15, 0.2) is 23.0 Å². The van der Waals surface area contributed by atoms with Crippen LogP contribution in [-0.2, 0) is 9.59 Å². The lowest BCUT2D eigenvalue weighted by molar-refractivity contribution is -0.132. The highest BCUT2D eigenvalue weighted by Crippen LogP contribution is 2.24. The van der Waals surface area contributed by atoms with Crippen molar-refractivity contribution < 1.29 is 19.2 Å². The number of nitrogens with zero attached hydrogens (tertiary/aromatic N) is 2. The lowest BCUT2D eigenvalue weighted by Crippen LogP contribution is -2.36. The van der Waals surface area contributed by atoms with Gasteiger partial charge in [0.2, 0.25) is 0 Å². The van der Waals surface area contributed by atoms with Crippen LogP contribution in [0.2, 0.25) is 0 Å². The van der Waals surface area contributed by atoms with Gasteiger partial charge in [-0.1, -0.05) is 6.07 Å². The fourth-order valence-electron chi connectivity index (χ4n) is 2.17. The minimum Gasteiger partial charge on any atom is -0.398 e. The molecule has 1 aliphatic rings. The summed E-state index contributed by atoms with van der Waals surface area (Å²) in [4.78, 5) is 41.4. The average Bonchev–Trinajstić information content (AvgIpc) is 2.57. The highest BCUT2D eigenvalue weighted by Gasteiger charge is 2.30. The first kappa shape index (κ1) is 7.49. The number of nitrogens with two attached hydrogens (primary N) is 1. The number of anilines is 1. The second-order valence-electron chi connectivity index (χ2n) is 4.52. The molecule has 1 aromatic carbocycles. The zero-order valence-electron chi connectivity index (χ0n) is 17.7. The van der Waals surface area contributed by atoms with Gasteiger partial charge in [-0.25, -0.2) is 4.98 Å². The van der Waals surface area contributed by atoms with Crippen molar-refractivity contribution in [2.45, 2.75) is 32.1 Å². The number of benzene rings is 1. The lowest BCUT2D eigenvalue weighted by atomic mass is 9.92. The Bertz CT molecular complexity index is 1080. The average molecular weight is 292 g/mol. The first-order chi connectivity index (χ1) is 12.7. The Morgan fingerprint density at radius 1 is 1.48 bits per heavy atom. The molecule has 0 aliphatic heterocycles. The van der Waals surface area contributed by atoms with Crippen LogP contribution >= 0.6 is 0 Å². The Labute approximate surface area is 130 Å². The minimum absolute atomic E-state index is 0.0988. The summed E-state index contributed by atoms with van der Waals surface area (Å²) in [6.45, 7) is -3.10. The number of aromatic nitrogens is 2. The van der Waals surface area contributed by atoms with Gasteiger partial charge in [-0.3, -0.25) is 19.0 Å². The van der Waals surface area contributed by atoms with Gasteiger partial charge in [0.15, 0.2) is 5.78 Å². The van der Waals surface area contributed by atoms with Gasteiger partial charge in [0.1, 0.15) is 11.6 Å². The van der Waals surface area contributed by atoms with Gasteiger partial charge in [-0.05, 0) is 25.4 Å². The molecule has 1 aromatic heterocycles. The minimum atomic E-state index is -3.19. The predicted octanol–water partition coefficient (Wildman–Crippen LogP) is 1.15. The van der Waals surface area contributed by atoms with E-state index in [0.717, 1.165) is 0 Å². The topological polar surface area (TPSA) is 95.1 Å². The van der Waals surface area contributed by atoms with E-state index in [1.165, 1.54) is 18.2 Å². The molecule has 3 rings (SSSR count). The molecular formula is C15H15N3O3. The number of Topliss-reactive ketones (excluding diaryl/α,β-unsaturated/α-hetero) is 2. The Kier molecular flexibility index (Phi) is 1.71. The van der Waals surface area contributed by atoms with Crippen LogP contribution in [0.1, 0.15) is 40.6 Å². The second kappa shape index (κ2) is 4.80. The molecule has 2 N–H and O–H groups in total. The number of nitrogen functional groups attached to an aromatic ring is 1. The molecule has 0 saturated heterocycles. The zero-order valence-corrected chi connectivity index (χ0v) is 10.7. The van der Waals surface area contributed by atoms with E-state index in [0.29, 0.717) is 0 Å². The monoisotopic (exact) mass is 292 g/mol. The molecule has 0 bridgehead atoms. The van der Waals surface area contributed by atoms with Gasteiger partial charge >= 0.3 is 0 Å². The van der Waals surface area contributed by atoms with E-state index >= 15 is 0 Å². The number of rotatable bonds is 1. The molecule has 21 heavy (non-hydrogen) atoms. The summed E-state index contributed by atoms with van der Waals surface area (Å²) in [5.74, 6) is -3.40. The van der Waals surface area contributed by atoms with Crippen LogP contribution in [0.3, 0.4) is 0 Å². The predicted molar refractivity (Wildman–Crippen MR) is 78.1 cm³/mol. The van der Waals surface area contributed by atoms with E-state index in [1.54, 1.807) is 0 Å². The van der Waals surface area contributed by atoms with Crippen molar-refractivity contribution in [3.05, 3.63) is 34.4 Å². The van der Waals surface area contributed by atoms with Crippen molar-refractivity contribution in [1.82, 2.24) is 9.55 Å². The van der Waals surface area contributed by atoms with Crippen LogP contribution in [0.4, 0.5) is 5.69 Å². The molecule has 1 saturated carbocycles. The summed E-state index contributed by atoms with van der Waals surface area (Å²) >= 11 is 0. The fourth-order valence-corrected chi connectivity index (χ4v) is 2.17. The summed E-state index contributed by atoms with van der Waals surface area (Å²) < 4.78 is 55.7. The van der Waals surface area contributed by atoms with Crippen LogP contribution in [0.5, 0.6) is 0 Å². The summed E-state index contributed by atoms with van der Waals surface area (Å²) in [6.07, 6.45) is -6.34. The molecule has 6 heteroatoms. The number of ketones is 2. The van der Waals surface area contributed by atoms with Crippen molar-refractivity contribution in [3.63, 3.8) is 0 Å². The quantitative estimate of drug-likeness (QED) is 0.628. The van der Waals surface area contributed by atoms with E-state index in [9.17, 15) is 14.4 Å².